The van der Waals surface area contributed by atoms with E-state index in [2.05, 4.69) is 15.4 Å². The zero-order valence-electron chi connectivity index (χ0n) is 12.0. The van der Waals surface area contributed by atoms with Crippen LogP contribution in [-0.4, -0.2) is 26.2 Å². The van der Waals surface area contributed by atoms with E-state index < -0.39 is 5.54 Å². The molecule has 1 aromatic carbocycles. The molecule has 3 N–H and O–H groups in total. The highest BCUT2D eigenvalue weighted by Crippen LogP contribution is 2.28. The highest BCUT2D eigenvalue weighted by molar-refractivity contribution is 6.33. The van der Waals surface area contributed by atoms with Gasteiger partial charge in [0, 0.05) is 0 Å². The summed E-state index contributed by atoms with van der Waals surface area (Å²) in [6.07, 6.45) is 4.34. The molecule has 0 saturated heterocycles. The first-order valence-corrected chi connectivity index (χ1v) is 7.07. The molecular weight excluding hydrogens is 290 g/mol. The van der Waals surface area contributed by atoms with Crippen LogP contribution in [0.4, 0.5) is 5.69 Å². The third-order valence-corrected chi connectivity index (χ3v) is 3.48. The van der Waals surface area contributed by atoms with Gasteiger partial charge in [-0.1, -0.05) is 31.0 Å². The molecule has 7 heteroatoms. The molecule has 0 radical (unpaired) electrons. The molecule has 1 aromatic heterocycles. The van der Waals surface area contributed by atoms with Crippen LogP contribution in [0.25, 0.3) is 5.69 Å². The number of carbonyl (C=O) groups is 1. The van der Waals surface area contributed by atoms with E-state index in [-0.39, 0.29) is 5.91 Å². The largest absolute Gasteiger partial charge is 0.323 e. The lowest BCUT2D eigenvalue weighted by molar-refractivity contribution is -0.120. The number of anilines is 1. The van der Waals surface area contributed by atoms with Crippen LogP contribution in [0.15, 0.2) is 30.9 Å². The Morgan fingerprint density at radius 1 is 1.52 bits per heavy atom. The number of benzene rings is 1. The van der Waals surface area contributed by atoms with Gasteiger partial charge in [-0.25, -0.2) is 9.67 Å². The standard InChI is InChI=1S/C14H18ClN5O/c1-3-7-14(2,16)13(21)19-11-6-4-5-10(15)12(11)20-9-17-8-18-20/h4-6,8-9H,3,7,16H2,1-2H3,(H,19,21). The van der Waals surface area contributed by atoms with Gasteiger partial charge in [-0.2, -0.15) is 5.10 Å². The molecule has 21 heavy (non-hydrogen) atoms. The van der Waals surface area contributed by atoms with Crippen LogP contribution in [0, 0.1) is 0 Å². The van der Waals surface area contributed by atoms with Gasteiger partial charge in [0.2, 0.25) is 5.91 Å². The highest BCUT2D eigenvalue weighted by Gasteiger charge is 2.28. The van der Waals surface area contributed by atoms with Crippen molar-refractivity contribution in [2.45, 2.75) is 32.2 Å². The molecule has 0 aliphatic carbocycles. The van der Waals surface area contributed by atoms with E-state index in [1.165, 1.54) is 17.3 Å². The summed E-state index contributed by atoms with van der Waals surface area (Å²) in [6.45, 7) is 3.70. The van der Waals surface area contributed by atoms with E-state index in [0.717, 1.165) is 6.42 Å². The number of amides is 1. The Hall–Kier alpha value is -1.92. The van der Waals surface area contributed by atoms with Crippen molar-refractivity contribution in [3.05, 3.63) is 35.9 Å². The number of rotatable bonds is 5. The first-order chi connectivity index (χ1) is 9.95. The van der Waals surface area contributed by atoms with Gasteiger partial charge >= 0.3 is 0 Å². The normalized spacial score (nSPS) is 13.7. The number of nitrogens with one attached hydrogen (secondary N) is 1. The fourth-order valence-electron chi connectivity index (χ4n) is 2.07. The van der Waals surface area contributed by atoms with Gasteiger partial charge in [-0.3, -0.25) is 4.79 Å². The summed E-state index contributed by atoms with van der Waals surface area (Å²) in [5.41, 5.74) is 6.23. The fraction of sp³-hybridized carbons (Fsp3) is 0.357. The Bertz CT molecular complexity index is 624. The molecule has 0 spiro atoms. The van der Waals surface area contributed by atoms with E-state index in [1.807, 2.05) is 6.92 Å². The topological polar surface area (TPSA) is 85.8 Å². The number of hydrogen-bond donors (Lipinski definition) is 2. The van der Waals surface area contributed by atoms with Crippen molar-refractivity contribution in [2.75, 3.05) is 5.32 Å². The number of para-hydroxylation sites is 1. The van der Waals surface area contributed by atoms with Gasteiger partial charge in [-0.15, -0.1) is 0 Å². The first kappa shape index (κ1) is 15.5. The van der Waals surface area contributed by atoms with E-state index in [0.29, 0.717) is 22.8 Å². The van der Waals surface area contributed by atoms with Crippen LogP contribution in [-0.2, 0) is 4.79 Å². The van der Waals surface area contributed by atoms with Crippen molar-refractivity contribution in [3.63, 3.8) is 0 Å². The van der Waals surface area contributed by atoms with Crippen molar-refractivity contribution in [3.8, 4) is 5.69 Å². The number of carbonyl (C=O) groups excluding carboxylic acids is 1. The highest BCUT2D eigenvalue weighted by atomic mass is 35.5. The lowest BCUT2D eigenvalue weighted by Gasteiger charge is -2.23. The van der Waals surface area contributed by atoms with Gasteiger partial charge in [0.25, 0.3) is 0 Å². The number of halogens is 1. The molecule has 1 unspecified atom stereocenters. The summed E-state index contributed by atoms with van der Waals surface area (Å²) in [4.78, 5) is 16.2. The minimum absolute atomic E-state index is 0.256. The van der Waals surface area contributed by atoms with Gasteiger partial charge in [-0.05, 0) is 25.5 Å². The first-order valence-electron chi connectivity index (χ1n) is 6.69. The zero-order chi connectivity index (χ0) is 15.5. The summed E-state index contributed by atoms with van der Waals surface area (Å²) in [6, 6.07) is 5.23. The Labute approximate surface area is 128 Å². The van der Waals surface area contributed by atoms with E-state index >= 15 is 0 Å². The van der Waals surface area contributed by atoms with Crippen LogP contribution in [0.2, 0.25) is 5.02 Å². The summed E-state index contributed by atoms with van der Waals surface area (Å²) in [5.74, 6) is -0.256. The minimum Gasteiger partial charge on any atom is -0.323 e. The second-order valence-electron chi connectivity index (χ2n) is 5.10. The average Bonchev–Trinajstić information content (AvgIpc) is 2.92. The quantitative estimate of drug-likeness (QED) is 0.888. The molecule has 0 fully saturated rings. The van der Waals surface area contributed by atoms with Crippen molar-refractivity contribution in [1.82, 2.24) is 14.8 Å². The van der Waals surface area contributed by atoms with Crippen molar-refractivity contribution in [1.29, 1.82) is 0 Å². The molecule has 1 amide bonds. The Kier molecular flexibility index (Phi) is 4.59. The molecule has 0 bridgehead atoms. The van der Waals surface area contributed by atoms with Crippen LogP contribution < -0.4 is 11.1 Å². The maximum atomic E-state index is 12.3. The molecule has 2 rings (SSSR count). The van der Waals surface area contributed by atoms with Crippen molar-refractivity contribution < 1.29 is 4.79 Å². The average molecular weight is 308 g/mol. The van der Waals surface area contributed by atoms with Crippen LogP contribution in [0.1, 0.15) is 26.7 Å². The molecule has 2 aromatic rings. The Morgan fingerprint density at radius 3 is 2.90 bits per heavy atom. The second-order valence-corrected chi connectivity index (χ2v) is 5.50. The molecule has 0 aliphatic rings. The van der Waals surface area contributed by atoms with E-state index in [9.17, 15) is 4.79 Å². The number of nitrogens with two attached hydrogens (primary N) is 1. The summed E-state index contributed by atoms with van der Waals surface area (Å²) in [5, 5.41) is 7.35. The van der Waals surface area contributed by atoms with Crippen molar-refractivity contribution >= 4 is 23.2 Å². The van der Waals surface area contributed by atoms with E-state index in [4.69, 9.17) is 17.3 Å². The monoisotopic (exact) mass is 307 g/mol. The van der Waals surface area contributed by atoms with Gasteiger partial charge < -0.3 is 11.1 Å². The van der Waals surface area contributed by atoms with Gasteiger partial charge in [0.1, 0.15) is 18.3 Å². The molecule has 0 saturated carbocycles. The fourth-order valence-corrected chi connectivity index (χ4v) is 2.33. The third-order valence-electron chi connectivity index (χ3n) is 3.17. The number of hydrogen-bond acceptors (Lipinski definition) is 4. The summed E-state index contributed by atoms with van der Waals surface area (Å²) < 4.78 is 1.51. The van der Waals surface area contributed by atoms with Crippen LogP contribution in [0.3, 0.4) is 0 Å². The maximum absolute atomic E-state index is 12.3. The van der Waals surface area contributed by atoms with Crippen molar-refractivity contribution in [2.24, 2.45) is 5.73 Å². The third kappa shape index (κ3) is 3.40. The minimum atomic E-state index is -0.934. The van der Waals surface area contributed by atoms with Crippen LogP contribution in [0.5, 0.6) is 0 Å². The lowest BCUT2D eigenvalue weighted by Crippen LogP contribution is -2.48. The Balaban J connectivity index is 2.33. The maximum Gasteiger partial charge on any atom is 0.244 e. The molecule has 0 aliphatic heterocycles. The number of nitrogens with zero attached hydrogens (tertiary/aromatic N) is 3. The summed E-state index contributed by atoms with van der Waals surface area (Å²) in [7, 11) is 0. The second kappa shape index (κ2) is 6.24. The molecule has 1 atom stereocenters. The zero-order valence-corrected chi connectivity index (χ0v) is 12.8. The van der Waals surface area contributed by atoms with E-state index in [1.54, 1.807) is 25.1 Å². The predicted molar refractivity (Wildman–Crippen MR) is 82.5 cm³/mol. The van der Waals surface area contributed by atoms with Crippen LogP contribution >= 0.6 is 11.6 Å². The smallest absolute Gasteiger partial charge is 0.244 e. The molecule has 1 heterocycles. The summed E-state index contributed by atoms with van der Waals surface area (Å²) >= 11 is 6.21. The lowest BCUT2D eigenvalue weighted by atomic mass is 9.96. The SMILES string of the molecule is CCCC(C)(N)C(=O)Nc1cccc(Cl)c1-n1cncn1. The Morgan fingerprint density at radius 2 is 2.29 bits per heavy atom. The predicted octanol–water partition coefficient (Wildman–Crippen LogP) is 2.38. The van der Waals surface area contributed by atoms with Gasteiger partial charge in [0.15, 0.2) is 0 Å². The molecular formula is C14H18ClN5O. The molecule has 6 nitrogen and oxygen atoms in total. The molecule has 112 valence electrons. The van der Waals surface area contributed by atoms with Gasteiger partial charge in [0.05, 0.1) is 16.2 Å². The number of aromatic nitrogens is 3.